The number of hydrazone groups is 1. The zero-order valence-corrected chi connectivity index (χ0v) is 15.4. The highest BCUT2D eigenvalue weighted by Crippen LogP contribution is 2.17. The number of hydrogen-bond acceptors (Lipinski definition) is 8. The van der Waals surface area contributed by atoms with Crippen molar-refractivity contribution in [1.29, 1.82) is 0 Å². The molecule has 142 valence electrons. The number of aromatic nitrogens is 2. The molecule has 0 fully saturated rings. The number of hydrazine groups is 1. The summed E-state index contributed by atoms with van der Waals surface area (Å²) in [5.74, 6) is 12.2. The van der Waals surface area contributed by atoms with Gasteiger partial charge in [0, 0.05) is 18.2 Å². The molecule has 9 nitrogen and oxygen atoms in total. The maximum Gasteiger partial charge on any atom is 0.257 e. The first-order valence-corrected chi connectivity index (χ1v) is 8.60. The molecule has 0 spiro atoms. The van der Waals surface area contributed by atoms with Crippen molar-refractivity contribution in [1.82, 2.24) is 15.2 Å². The molecule has 1 aliphatic rings. The van der Waals surface area contributed by atoms with Gasteiger partial charge in [0.25, 0.3) is 5.89 Å². The fourth-order valence-corrected chi connectivity index (χ4v) is 2.54. The Kier molecular flexibility index (Phi) is 6.23. The van der Waals surface area contributed by atoms with E-state index in [4.69, 9.17) is 28.8 Å². The summed E-state index contributed by atoms with van der Waals surface area (Å²) in [6.45, 7) is -0.0192. The van der Waals surface area contributed by atoms with E-state index in [1.165, 1.54) is 5.01 Å². The average Bonchev–Trinajstić information content (AvgIpc) is 3.17. The molecule has 28 heavy (non-hydrogen) atoms. The van der Waals surface area contributed by atoms with Gasteiger partial charge in [-0.05, 0) is 12.8 Å². The molecule has 1 aliphatic carbocycles. The van der Waals surface area contributed by atoms with Crippen molar-refractivity contribution in [3.05, 3.63) is 54.0 Å². The molecule has 0 bridgehead atoms. The minimum Gasteiger partial charge on any atom is -0.417 e. The monoisotopic (exact) mass is 377 g/mol. The van der Waals surface area contributed by atoms with Crippen LogP contribution in [0.1, 0.15) is 18.7 Å². The van der Waals surface area contributed by atoms with Crippen LogP contribution in [-0.2, 0) is 11.4 Å². The van der Waals surface area contributed by atoms with Crippen molar-refractivity contribution in [2.24, 2.45) is 21.9 Å². The second-order valence-electron chi connectivity index (χ2n) is 6.04. The van der Waals surface area contributed by atoms with E-state index in [1.54, 1.807) is 31.3 Å². The Morgan fingerprint density at radius 3 is 2.71 bits per heavy atom. The summed E-state index contributed by atoms with van der Waals surface area (Å²) in [7, 11) is 7.30. The van der Waals surface area contributed by atoms with Crippen LogP contribution in [0.25, 0.3) is 11.5 Å². The molecule has 0 amide bonds. The number of nitrogens with two attached hydrogens (primary N) is 2. The summed E-state index contributed by atoms with van der Waals surface area (Å²) < 4.78 is 5.60. The molecule has 10 heteroatoms. The average molecular weight is 377 g/mol. The van der Waals surface area contributed by atoms with E-state index in [-0.39, 0.29) is 18.3 Å². The Morgan fingerprint density at radius 1 is 1.29 bits per heavy atom. The Hall–Kier alpha value is -3.40. The summed E-state index contributed by atoms with van der Waals surface area (Å²) in [4.78, 5) is 5.41. The molecule has 0 saturated heterocycles. The van der Waals surface area contributed by atoms with Crippen LogP contribution in [0.5, 0.6) is 0 Å². The number of nitrogens with zero attached hydrogens (tertiary/aromatic N) is 5. The van der Waals surface area contributed by atoms with Gasteiger partial charge in [0.1, 0.15) is 7.85 Å². The zero-order chi connectivity index (χ0) is 19.9. The van der Waals surface area contributed by atoms with Crippen LogP contribution in [0, 0.1) is 0 Å². The molecule has 0 atom stereocenters. The number of benzene rings is 1. The number of hydrogen-bond donors (Lipinski definition) is 2. The topological polar surface area (TPSA) is 128 Å². The van der Waals surface area contributed by atoms with Gasteiger partial charge in [0.05, 0.1) is 0 Å². The minimum atomic E-state index is -0.0192. The van der Waals surface area contributed by atoms with Crippen molar-refractivity contribution < 1.29 is 9.25 Å². The van der Waals surface area contributed by atoms with Gasteiger partial charge >= 0.3 is 0 Å². The predicted molar refractivity (Wildman–Crippen MR) is 107 cm³/mol. The lowest BCUT2D eigenvalue weighted by Gasteiger charge is -2.17. The number of amidine groups is 1. The van der Waals surface area contributed by atoms with Crippen LogP contribution in [0.4, 0.5) is 0 Å². The van der Waals surface area contributed by atoms with E-state index in [0.717, 1.165) is 24.0 Å². The van der Waals surface area contributed by atoms with Crippen LogP contribution >= 0.6 is 0 Å². The van der Waals surface area contributed by atoms with E-state index >= 15 is 0 Å². The highest BCUT2D eigenvalue weighted by atomic mass is 16.6. The lowest BCUT2D eigenvalue weighted by atomic mass is 9.95. The van der Waals surface area contributed by atoms with Crippen LogP contribution in [0.2, 0.25) is 0 Å². The van der Waals surface area contributed by atoms with E-state index in [0.29, 0.717) is 17.1 Å². The third-order valence-corrected chi connectivity index (χ3v) is 3.90. The first-order chi connectivity index (χ1) is 13.6. The van der Waals surface area contributed by atoms with Gasteiger partial charge in [0.15, 0.2) is 18.2 Å². The second-order valence-corrected chi connectivity index (χ2v) is 6.04. The molecule has 1 heterocycles. The molecule has 3 rings (SSSR count). The SMILES string of the molecule is [B]c1ccc(-c2nnc(CO/N=C(C3=CCCC=C3)\C(=N\N)N(C)N)o2)cc1. The quantitative estimate of drug-likeness (QED) is 0.250. The van der Waals surface area contributed by atoms with Crippen molar-refractivity contribution >= 4 is 24.9 Å². The molecule has 2 radical (unpaired) electrons. The molecule has 4 N–H and O–H groups in total. The Bertz CT molecular complexity index is 930. The van der Waals surface area contributed by atoms with Gasteiger partial charge in [0.2, 0.25) is 5.89 Å². The van der Waals surface area contributed by atoms with E-state index < -0.39 is 0 Å². The maximum absolute atomic E-state index is 5.80. The number of rotatable bonds is 6. The number of allylic oxidation sites excluding steroid dienone is 3. The fourth-order valence-electron chi connectivity index (χ4n) is 2.54. The second kappa shape index (κ2) is 9.00. The van der Waals surface area contributed by atoms with E-state index in [9.17, 15) is 0 Å². The van der Waals surface area contributed by atoms with Gasteiger partial charge in [-0.3, -0.25) is 5.01 Å². The largest absolute Gasteiger partial charge is 0.417 e. The molecule has 1 aromatic carbocycles. The van der Waals surface area contributed by atoms with Crippen molar-refractivity contribution in [2.75, 3.05) is 7.05 Å². The van der Waals surface area contributed by atoms with Crippen LogP contribution in [0.3, 0.4) is 0 Å². The van der Waals surface area contributed by atoms with Crippen LogP contribution in [0.15, 0.2) is 62.7 Å². The van der Waals surface area contributed by atoms with Gasteiger partial charge in [-0.25, -0.2) is 5.84 Å². The molecule has 0 saturated carbocycles. The standard InChI is InChI=1S/C18H20BN7O2/c1-26(21)17(22-20)16(12-5-3-2-4-6-12)25-27-11-15-23-24-18(28-15)13-7-9-14(19)10-8-13/h3,5-10H,2,4,11,20-21H2,1H3/b22-17-,25-16-. The van der Waals surface area contributed by atoms with Crippen molar-refractivity contribution in [3.63, 3.8) is 0 Å². The number of oxime groups is 1. The highest BCUT2D eigenvalue weighted by molar-refractivity contribution is 6.47. The third kappa shape index (κ3) is 4.66. The summed E-state index contributed by atoms with van der Waals surface area (Å²) >= 11 is 0. The van der Waals surface area contributed by atoms with E-state index in [1.807, 2.05) is 18.2 Å². The smallest absolute Gasteiger partial charge is 0.257 e. The maximum atomic E-state index is 5.80. The third-order valence-electron chi connectivity index (χ3n) is 3.90. The summed E-state index contributed by atoms with van der Waals surface area (Å²) in [5, 5.41) is 17.1. The Morgan fingerprint density at radius 2 is 2.07 bits per heavy atom. The van der Waals surface area contributed by atoms with Crippen LogP contribution < -0.4 is 17.1 Å². The Balaban J connectivity index is 1.74. The van der Waals surface area contributed by atoms with Gasteiger partial charge in [-0.2, -0.15) is 5.10 Å². The van der Waals surface area contributed by atoms with Crippen molar-refractivity contribution in [3.8, 4) is 11.5 Å². The first-order valence-electron chi connectivity index (χ1n) is 8.60. The zero-order valence-electron chi connectivity index (χ0n) is 15.4. The summed E-state index contributed by atoms with van der Waals surface area (Å²) in [5.41, 5.74) is 2.65. The normalized spacial score (nSPS) is 14.7. The van der Waals surface area contributed by atoms with Crippen LogP contribution in [-0.4, -0.2) is 41.6 Å². The molecule has 0 unspecified atom stereocenters. The molecular formula is C18H20BN7O2. The molecular weight excluding hydrogens is 357 g/mol. The summed E-state index contributed by atoms with van der Waals surface area (Å²) in [6.07, 6.45) is 7.81. The summed E-state index contributed by atoms with van der Waals surface area (Å²) in [6, 6.07) is 7.11. The lowest BCUT2D eigenvalue weighted by molar-refractivity contribution is 0.112. The van der Waals surface area contributed by atoms with Gasteiger partial charge < -0.3 is 15.1 Å². The fraction of sp³-hybridized carbons (Fsp3) is 0.222. The van der Waals surface area contributed by atoms with Crippen molar-refractivity contribution in [2.45, 2.75) is 19.4 Å². The van der Waals surface area contributed by atoms with Gasteiger partial charge in [-0.15, -0.1) is 10.2 Å². The first kappa shape index (κ1) is 19.4. The minimum absolute atomic E-state index is 0.0192. The Labute approximate surface area is 163 Å². The highest BCUT2D eigenvalue weighted by Gasteiger charge is 2.18. The molecule has 2 aromatic rings. The van der Waals surface area contributed by atoms with E-state index in [2.05, 4.69) is 20.5 Å². The molecule has 1 aromatic heterocycles. The van der Waals surface area contributed by atoms with Gasteiger partial charge in [-0.1, -0.05) is 53.1 Å². The molecule has 0 aliphatic heterocycles. The predicted octanol–water partition coefficient (Wildman–Crippen LogP) is 0.757. The lowest BCUT2D eigenvalue weighted by Crippen LogP contribution is -2.40.